The lowest BCUT2D eigenvalue weighted by Crippen LogP contribution is -2.14. The van der Waals surface area contributed by atoms with Gasteiger partial charge in [-0.05, 0) is 69.8 Å². The monoisotopic (exact) mass is 666 g/mol. The van der Waals surface area contributed by atoms with Crippen molar-refractivity contribution < 1.29 is 0 Å². The van der Waals surface area contributed by atoms with Gasteiger partial charge in [0.2, 0.25) is 0 Å². The Morgan fingerprint density at radius 3 is 1.67 bits per heavy atom. The van der Waals surface area contributed by atoms with Gasteiger partial charge in [-0.2, -0.15) is 0 Å². The van der Waals surface area contributed by atoms with Crippen LogP contribution < -0.4 is 0 Å². The quantitative estimate of drug-likeness (QED) is 0.184. The molecule has 2 aromatic heterocycles. The number of nitrogens with zero attached hydrogens (tertiary/aromatic N) is 4. The smallest absolute Gasteiger partial charge is 0.164 e. The third kappa shape index (κ3) is 4.79. The van der Waals surface area contributed by atoms with Gasteiger partial charge in [-0.15, -0.1) is 0 Å². The molecule has 0 radical (unpaired) electrons. The number of rotatable bonds is 5. The molecular weight excluding hydrogens is 633 g/mol. The fraction of sp³-hybridized carbons (Fsp3) is 0.0625. The Morgan fingerprint density at radius 1 is 0.385 bits per heavy atom. The van der Waals surface area contributed by atoms with Crippen LogP contribution in [0.1, 0.15) is 25.0 Å². The number of fused-ring (bicyclic) bond motifs is 6. The lowest BCUT2D eigenvalue weighted by molar-refractivity contribution is 0.661. The molecule has 4 heteroatoms. The topological polar surface area (TPSA) is 43.6 Å². The molecule has 1 aliphatic rings. The molecule has 1 aliphatic carbocycles. The summed E-state index contributed by atoms with van der Waals surface area (Å²) >= 11 is 0. The largest absolute Gasteiger partial charge is 0.309 e. The highest BCUT2D eigenvalue weighted by Gasteiger charge is 2.36. The molecule has 0 saturated carbocycles. The molecule has 0 amide bonds. The average molecular weight is 667 g/mol. The second-order valence-corrected chi connectivity index (χ2v) is 14.1. The summed E-state index contributed by atoms with van der Waals surface area (Å²) < 4.78 is 2.43. The van der Waals surface area contributed by atoms with E-state index in [-0.39, 0.29) is 5.41 Å². The van der Waals surface area contributed by atoms with Gasteiger partial charge in [-0.25, -0.2) is 15.0 Å². The van der Waals surface area contributed by atoms with Crippen LogP contribution in [0.2, 0.25) is 0 Å². The van der Waals surface area contributed by atoms with Gasteiger partial charge in [-0.1, -0.05) is 147 Å². The van der Waals surface area contributed by atoms with Gasteiger partial charge in [-0.3, -0.25) is 0 Å². The van der Waals surface area contributed by atoms with E-state index in [2.05, 4.69) is 128 Å². The summed E-state index contributed by atoms with van der Waals surface area (Å²) in [7, 11) is 0. The standard InChI is InChI=1S/C48H34N4/c1-48(2)41-25-11-9-23-37(41)39-29-40-38-24-10-12-26-43(38)52(44(40)30-42(39)48)36-22-14-20-34(28-36)33-19-13-21-35(27-33)47-50-45(31-15-5-3-6-16-31)49-46(51-47)32-17-7-4-8-18-32/h3-30H,1-2H3. The third-order valence-electron chi connectivity index (χ3n) is 10.6. The predicted octanol–water partition coefficient (Wildman–Crippen LogP) is 11.9. The Morgan fingerprint density at radius 2 is 0.942 bits per heavy atom. The highest BCUT2D eigenvalue weighted by Crippen LogP contribution is 2.51. The van der Waals surface area contributed by atoms with Crippen molar-refractivity contribution in [2.75, 3.05) is 0 Å². The number of aromatic nitrogens is 4. The van der Waals surface area contributed by atoms with Crippen molar-refractivity contribution in [3.63, 3.8) is 0 Å². The molecule has 9 aromatic rings. The van der Waals surface area contributed by atoms with Gasteiger partial charge >= 0.3 is 0 Å². The maximum Gasteiger partial charge on any atom is 0.164 e. The van der Waals surface area contributed by atoms with Gasteiger partial charge in [0.1, 0.15) is 0 Å². The molecule has 0 saturated heterocycles. The minimum absolute atomic E-state index is 0.0839. The SMILES string of the molecule is CC1(C)c2ccccc2-c2cc3c4ccccc4n(-c4cccc(-c5cccc(-c6nc(-c7ccccc7)nc(-c7ccccc7)n6)c5)c4)c3cc21. The van der Waals surface area contributed by atoms with Crippen molar-refractivity contribution in [1.82, 2.24) is 19.5 Å². The van der Waals surface area contributed by atoms with Crippen LogP contribution in [0.25, 0.3) is 83.9 Å². The lowest BCUT2D eigenvalue weighted by atomic mass is 9.82. The molecular formula is C48H34N4. The van der Waals surface area contributed by atoms with E-state index in [1.807, 2.05) is 60.7 Å². The van der Waals surface area contributed by atoms with E-state index in [1.54, 1.807) is 0 Å². The van der Waals surface area contributed by atoms with Crippen LogP contribution in [0.5, 0.6) is 0 Å². The van der Waals surface area contributed by atoms with Crippen molar-refractivity contribution in [2.24, 2.45) is 0 Å². The van der Waals surface area contributed by atoms with Crippen LogP contribution in [0, 0.1) is 0 Å². The Hall–Kier alpha value is -6.65. The van der Waals surface area contributed by atoms with E-state index in [0.717, 1.165) is 33.5 Å². The van der Waals surface area contributed by atoms with Crippen LogP contribution in [-0.2, 0) is 5.41 Å². The van der Waals surface area contributed by atoms with Crippen LogP contribution in [0.3, 0.4) is 0 Å². The molecule has 0 atom stereocenters. The molecule has 2 heterocycles. The van der Waals surface area contributed by atoms with E-state index >= 15 is 0 Å². The second-order valence-electron chi connectivity index (χ2n) is 14.1. The molecule has 4 nitrogen and oxygen atoms in total. The van der Waals surface area contributed by atoms with Crippen LogP contribution >= 0.6 is 0 Å². The minimum Gasteiger partial charge on any atom is -0.309 e. The molecule has 0 bridgehead atoms. The molecule has 246 valence electrons. The Kier molecular flexibility index (Phi) is 6.80. The van der Waals surface area contributed by atoms with Crippen molar-refractivity contribution in [3.05, 3.63) is 181 Å². The number of para-hydroxylation sites is 1. The van der Waals surface area contributed by atoms with Crippen LogP contribution in [0.15, 0.2) is 170 Å². The fourth-order valence-electron chi connectivity index (χ4n) is 8.04. The first-order chi connectivity index (χ1) is 25.5. The zero-order valence-electron chi connectivity index (χ0n) is 29.0. The maximum absolute atomic E-state index is 4.99. The number of benzene rings is 7. The summed E-state index contributed by atoms with van der Waals surface area (Å²) in [5.74, 6) is 1.95. The second kappa shape index (κ2) is 11.7. The predicted molar refractivity (Wildman–Crippen MR) is 213 cm³/mol. The third-order valence-corrected chi connectivity index (χ3v) is 10.6. The first-order valence-corrected chi connectivity index (χ1v) is 17.8. The van der Waals surface area contributed by atoms with Gasteiger partial charge in [0.05, 0.1) is 11.0 Å². The molecule has 0 N–H and O–H groups in total. The zero-order chi connectivity index (χ0) is 34.8. The van der Waals surface area contributed by atoms with Crippen LogP contribution in [-0.4, -0.2) is 19.5 Å². The summed E-state index contributed by atoms with van der Waals surface area (Å²) in [4.78, 5) is 14.9. The fourth-order valence-corrected chi connectivity index (χ4v) is 8.04. The van der Waals surface area contributed by atoms with Crippen molar-refractivity contribution in [1.29, 1.82) is 0 Å². The van der Waals surface area contributed by atoms with E-state index in [1.165, 1.54) is 44.1 Å². The number of hydrogen-bond acceptors (Lipinski definition) is 3. The Balaban J connectivity index is 1.11. The van der Waals surface area contributed by atoms with Crippen molar-refractivity contribution in [3.8, 4) is 62.1 Å². The molecule has 7 aromatic carbocycles. The molecule has 10 rings (SSSR count). The van der Waals surface area contributed by atoms with E-state index in [4.69, 9.17) is 15.0 Å². The first kappa shape index (κ1) is 30.2. The lowest BCUT2D eigenvalue weighted by Gasteiger charge is -2.21. The van der Waals surface area contributed by atoms with Crippen molar-refractivity contribution >= 4 is 21.8 Å². The molecule has 0 spiro atoms. The molecule has 52 heavy (non-hydrogen) atoms. The van der Waals surface area contributed by atoms with Gasteiger partial charge in [0, 0.05) is 38.6 Å². The maximum atomic E-state index is 4.99. The highest BCUT2D eigenvalue weighted by molar-refractivity contribution is 6.11. The summed E-state index contributed by atoms with van der Waals surface area (Å²) in [6.07, 6.45) is 0. The minimum atomic E-state index is -0.0839. The normalized spacial score (nSPS) is 13.0. The Labute approximate surface area is 302 Å². The summed E-state index contributed by atoms with van der Waals surface area (Å²) in [6.45, 7) is 4.70. The molecule has 0 fully saturated rings. The van der Waals surface area contributed by atoms with Crippen LogP contribution in [0.4, 0.5) is 0 Å². The first-order valence-electron chi connectivity index (χ1n) is 17.8. The van der Waals surface area contributed by atoms with E-state index < -0.39 is 0 Å². The molecule has 0 unspecified atom stereocenters. The zero-order valence-corrected chi connectivity index (χ0v) is 29.0. The number of hydrogen-bond donors (Lipinski definition) is 0. The van der Waals surface area contributed by atoms with E-state index in [9.17, 15) is 0 Å². The summed E-state index contributed by atoms with van der Waals surface area (Å²) in [6, 6.07) is 60.1. The van der Waals surface area contributed by atoms with Gasteiger partial charge in [0.25, 0.3) is 0 Å². The average Bonchev–Trinajstić information content (AvgIpc) is 3.65. The van der Waals surface area contributed by atoms with Gasteiger partial charge < -0.3 is 4.57 Å². The molecule has 0 aliphatic heterocycles. The summed E-state index contributed by atoms with van der Waals surface area (Å²) in [5.41, 5.74) is 14.0. The highest BCUT2D eigenvalue weighted by atomic mass is 15.0. The Bertz CT molecular complexity index is 2760. The van der Waals surface area contributed by atoms with Gasteiger partial charge in [0.15, 0.2) is 17.5 Å². The van der Waals surface area contributed by atoms with Crippen molar-refractivity contribution in [2.45, 2.75) is 19.3 Å². The van der Waals surface area contributed by atoms with E-state index in [0.29, 0.717) is 17.5 Å². The summed E-state index contributed by atoms with van der Waals surface area (Å²) in [5, 5.41) is 2.53.